The van der Waals surface area contributed by atoms with Gasteiger partial charge in [0.1, 0.15) is 17.2 Å². The lowest BCUT2D eigenvalue weighted by Crippen LogP contribution is -2.27. The van der Waals surface area contributed by atoms with Crippen molar-refractivity contribution in [1.82, 2.24) is 9.55 Å². The van der Waals surface area contributed by atoms with Crippen molar-refractivity contribution in [2.24, 2.45) is 0 Å². The van der Waals surface area contributed by atoms with Gasteiger partial charge in [0.05, 0.1) is 31.7 Å². The Morgan fingerprint density at radius 2 is 1.76 bits per heavy atom. The van der Waals surface area contributed by atoms with Crippen LogP contribution in [0, 0.1) is 0 Å². The summed E-state index contributed by atoms with van der Waals surface area (Å²) in [6, 6.07) is 12.4. The molecule has 1 amide bonds. The molecular weight excluding hydrogens is 438 g/mol. The van der Waals surface area contributed by atoms with E-state index in [1.807, 2.05) is 24.3 Å². The van der Waals surface area contributed by atoms with Crippen LogP contribution in [0.4, 0.5) is 5.69 Å². The number of para-hydroxylation sites is 2. The van der Waals surface area contributed by atoms with E-state index in [-0.39, 0.29) is 18.4 Å². The van der Waals surface area contributed by atoms with Crippen LogP contribution in [-0.2, 0) is 27.3 Å². The highest BCUT2D eigenvalue weighted by molar-refractivity contribution is 5.93. The molecular formula is C25H29N3O6. The summed E-state index contributed by atoms with van der Waals surface area (Å²) < 4.78 is 17.1. The number of aromatic nitrogens is 2. The van der Waals surface area contributed by atoms with Crippen LogP contribution in [0.15, 0.2) is 47.3 Å². The van der Waals surface area contributed by atoms with Crippen LogP contribution in [0.1, 0.15) is 31.9 Å². The maximum absolute atomic E-state index is 12.9. The molecule has 9 heteroatoms. The number of hydrogen-bond donors (Lipinski definition) is 1. The summed E-state index contributed by atoms with van der Waals surface area (Å²) in [6.45, 7) is 2.20. The first-order valence-electron chi connectivity index (χ1n) is 11.1. The Morgan fingerprint density at radius 1 is 1.06 bits per heavy atom. The molecule has 0 saturated heterocycles. The summed E-state index contributed by atoms with van der Waals surface area (Å²) >= 11 is 0. The molecule has 1 heterocycles. The molecule has 0 fully saturated rings. The minimum atomic E-state index is -0.590. The van der Waals surface area contributed by atoms with E-state index in [0.29, 0.717) is 34.9 Å². The van der Waals surface area contributed by atoms with Crippen LogP contribution in [-0.4, -0.2) is 42.3 Å². The molecule has 0 aliphatic carbocycles. The molecule has 0 unspecified atom stereocenters. The first-order valence-corrected chi connectivity index (χ1v) is 11.1. The van der Waals surface area contributed by atoms with Gasteiger partial charge in [-0.2, -0.15) is 0 Å². The fourth-order valence-electron chi connectivity index (χ4n) is 3.46. The molecule has 1 aromatic heterocycles. The Bertz CT molecular complexity index is 1200. The van der Waals surface area contributed by atoms with Crippen LogP contribution >= 0.6 is 0 Å². The van der Waals surface area contributed by atoms with Gasteiger partial charge < -0.3 is 24.1 Å². The number of hydrogen-bond acceptors (Lipinski definition) is 7. The minimum absolute atomic E-state index is 0.0609. The zero-order chi connectivity index (χ0) is 24.5. The molecule has 3 aromatic rings. The molecule has 1 N–H and O–H groups in total. The van der Waals surface area contributed by atoms with Crippen molar-refractivity contribution in [1.29, 1.82) is 0 Å². The Hall–Kier alpha value is -3.88. The van der Waals surface area contributed by atoms with E-state index < -0.39 is 18.5 Å². The van der Waals surface area contributed by atoms with Crippen molar-refractivity contribution < 1.29 is 23.8 Å². The molecule has 0 aliphatic heterocycles. The lowest BCUT2D eigenvalue weighted by Gasteiger charge is -2.12. The molecule has 0 saturated carbocycles. The minimum Gasteiger partial charge on any atom is -0.497 e. The summed E-state index contributed by atoms with van der Waals surface area (Å²) in [6.07, 6.45) is 1.89. The molecule has 0 aliphatic rings. The lowest BCUT2D eigenvalue weighted by molar-refractivity contribution is -0.147. The third-order valence-electron chi connectivity index (χ3n) is 5.22. The maximum atomic E-state index is 12.9. The largest absolute Gasteiger partial charge is 0.497 e. The van der Waals surface area contributed by atoms with Crippen LogP contribution in [0.3, 0.4) is 0 Å². The van der Waals surface area contributed by atoms with E-state index in [1.54, 1.807) is 22.8 Å². The summed E-state index contributed by atoms with van der Waals surface area (Å²) in [5.74, 6) is -0.0690. The second-order valence-corrected chi connectivity index (χ2v) is 7.67. The summed E-state index contributed by atoms with van der Waals surface area (Å²) in [5.41, 5.74) is 2.03. The van der Waals surface area contributed by atoms with Crippen LogP contribution in [0.2, 0.25) is 0 Å². The molecule has 0 spiro atoms. The van der Waals surface area contributed by atoms with Crippen molar-refractivity contribution in [3.8, 4) is 11.5 Å². The number of anilines is 1. The van der Waals surface area contributed by atoms with E-state index in [9.17, 15) is 14.4 Å². The fraction of sp³-hybridized carbons (Fsp3) is 0.360. The number of carbonyl (C=O) groups is 2. The van der Waals surface area contributed by atoms with E-state index in [4.69, 9.17) is 14.2 Å². The average molecular weight is 468 g/mol. The average Bonchev–Trinajstić information content (AvgIpc) is 2.85. The first kappa shape index (κ1) is 24.8. The van der Waals surface area contributed by atoms with Crippen LogP contribution < -0.4 is 20.3 Å². The van der Waals surface area contributed by atoms with Gasteiger partial charge in [-0.05, 0) is 18.6 Å². The maximum Gasteiger partial charge on any atom is 0.306 e. The number of unbranched alkanes of at least 4 members (excludes halogenated alkanes) is 1. The third-order valence-corrected chi connectivity index (χ3v) is 5.22. The quantitative estimate of drug-likeness (QED) is 0.431. The Labute approximate surface area is 197 Å². The van der Waals surface area contributed by atoms with Crippen molar-refractivity contribution >= 4 is 28.6 Å². The third kappa shape index (κ3) is 6.34. The molecule has 3 rings (SSSR count). The van der Waals surface area contributed by atoms with E-state index >= 15 is 0 Å². The zero-order valence-electron chi connectivity index (χ0n) is 19.6. The Balaban J connectivity index is 1.59. The number of carbonyl (C=O) groups excluding carboxylic acids is 2. The van der Waals surface area contributed by atoms with Gasteiger partial charge in [-0.25, -0.2) is 4.98 Å². The number of nitrogens with one attached hydrogen (secondary N) is 1. The van der Waals surface area contributed by atoms with Crippen molar-refractivity contribution in [3.63, 3.8) is 0 Å². The number of methoxy groups -OCH3 is 2. The van der Waals surface area contributed by atoms with E-state index in [1.165, 1.54) is 14.2 Å². The Morgan fingerprint density at radius 3 is 2.44 bits per heavy atom. The molecule has 0 atom stereocenters. The smallest absolute Gasteiger partial charge is 0.306 e. The highest BCUT2D eigenvalue weighted by Crippen LogP contribution is 2.25. The highest BCUT2D eigenvalue weighted by Gasteiger charge is 2.14. The van der Waals surface area contributed by atoms with E-state index in [2.05, 4.69) is 17.2 Å². The summed E-state index contributed by atoms with van der Waals surface area (Å²) in [7, 11) is 3.01. The predicted molar refractivity (Wildman–Crippen MR) is 128 cm³/mol. The van der Waals surface area contributed by atoms with Gasteiger partial charge in [-0.3, -0.25) is 14.4 Å². The van der Waals surface area contributed by atoms with Gasteiger partial charge in [0.2, 0.25) is 0 Å². The lowest BCUT2D eigenvalue weighted by atomic mass is 10.2. The van der Waals surface area contributed by atoms with Crippen molar-refractivity contribution in [2.45, 2.75) is 39.2 Å². The number of fused-ring (bicyclic) bond motifs is 1. The molecule has 9 nitrogen and oxygen atoms in total. The molecule has 2 aromatic carbocycles. The van der Waals surface area contributed by atoms with Gasteiger partial charge in [0.25, 0.3) is 11.5 Å². The highest BCUT2D eigenvalue weighted by atomic mass is 16.5. The van der Waals surface area contributed by atoms with Crippen LogP contribution in [0.5, 0.6) is 11.5 Å². The fourth-order valence-corrected chi connectivity index (χ4v) is 3.46. The number of benzene rings is 2. The summed E-state index contributed by atoms with van der Waals surface area (Å²) in [5, 5.41) is 2.63. The number of rotatable bonds is 11. The standard InChI is InChI=1S/C25H29N3O6/c1-4-5-12-28-22-9-7-6-8-20(22)27-21(25(28)31)10-11-24(30)34-16-23(29)26-17-13-18(32-2)15-19(14-17)33-3/h6-9,13-15H,4-5,10-12,16H2,1-3H3,(H,26,29). The van der Waals surface area contributed by atoms with Gasteiger partial charge in [-0.1, -0.05) is 25.5 Å². The SMILES string of the molecule is CCCCn1c(=O)c(CCC(=O)OCC(=O)Nc2cc(OC)cc(OC)c2)nc2ccccc21. The Kier molecular flexibility index (Phi) is 8.61. The number of ether oxygens (including phenoxy) is 3. The normalized spacial score (nSPS) is 10.7. The van der Waals surface area contributed by atoms with Gasteiger partial charge >= 0.3 is 5.97 Å². The van der Waals surface area contributed by atoms with Gasteiger partial charge in [0, 0.05) is 36.9 Å². The van der Waals surface area contributed by atoms with Gasteiger partial charge in [0.15, 0.2) is 6.61 Å². The van der Waals surface area contributed by atoms with Crippen molar-refractivity contribution in [3.05, 3.63) is 58.5 Å². The number of aryl methyl sites for hydroxylation is 2. The van der Waals surface area contributed by atoms with Crippen LogP contribution in [0.25, 0.3) is 11.0 Å². The van der Waals surface area contributed by atoms with Gasteiger partial charge in [-0.15, -0.1) is 0 Å². The number of amides is 1. The van der Waals surface area contributed by atoms with E-state index in [0.717, 1.165) is 18.4 Å². The predicted octanol–water partition coefficient (Wildman–Crippen LogP) is 3.33. The number of esters is 1. The first-order chi connectivity index (χ1) is 16.4. The molecule has 34 heavy (non-hydrogen) atoms. The van der Waals surface area contributed by atoms with Crippen molar-refractivity contribution in [2.75, 3.05) is 26.1 Å². The molecule has 180 valence electrons. The zero-order valence-corrected chi connectivity index (χ0v) is 19.6. The second-order valence-electron chi connectivity index (χ2n) is 7.67. The second kappa shape index (κ2) is 11.8. The monoisotopic (exact) mass is 467 g/mol. The molecule has 0 radical (unpaired) electrons. The number of nitrogens with zero attached hydrogens (tertiary/aromatic N) is 2. The molecule has 0 bridgehead atoms. The topological polar surface area (TPSA) is 109 Å². The summed E-state index contributed by atoms with van der Waals surface area (Å²) in [4.78, 5) is 41.8.